The highest BCUT2D eigenvalue weighted by molar-refractivity contribution is 7.85. The fourth-order valence-electron chi connectivity index (χ4n) is 2.05. The van der Waals surface area contributed by atoms with E-state index < -0.39 is 10.8 Å². The van der Waals surface area contributed by atoms with E-state index in [1.165, 1.54) is 0 Å². The van der Waals surface area contributed by atoms with Gasteiger partial charge in [-0.1, -0.05) is 41.9 Å². The maximum absolute atomic E-state index is 12.3. The molecule has 0 fully saturated rings. The molecule has 2 aromatic carbocycles. The second-order valence-electron chi connectivity index (χ2n) is 5.04. The fraction of sp³-hybridized carbons (Fsp3) is 0.235. The van der Waals surface area contributed by atoms with Crippen LogP contribution in [0, 0.1) is 0 Å². The van der Waals surface area contributed by atoms with Gasteiger partial charge in [0.1, 0.15) is 5.75 Å². The molecule has 0 aromatic heterocycles. The summed E-state index contributed by atoms with van der Waals surface area (Å²) in [5.74, 6) is -0.164. The second kappa shape index (κ2) is 7.56. The van der Waals surface area contributed by atoms with Crippen LogP contribution < -0.4 is 0 Å². The average Bonchev–Trinajstić information content (AvgIpc) is 2.55. The molecule has 5 heteroatoms. The molecule has 0 aliphatic heterocycles. The number of nitrogens with zero attached hydrogens (tertiary/aromatic N) is 1. The highest BCUT2D eigenvalue weighted by Crippen LogP contribution is 2.21. The molecule has 116 valence electrons. The first-order valence-electron chi connectivity index (χ1n) is 6.93. The largest absolute Gasteiger partial charge is 0.338 e. The van der Waals surface area contributed by atoms with Crippen molar-refractivity contribution in [3.05, 3.63) is 65.2 Å². The summed E-state index contributed by atoms with van der Waals surface area (Å²) in [6.45, 7) is 1.94. The number of hydrogen-bond acceptors (Lipinski definition) is 2. The number of amides is 1. The molecular weight excluding hydrogens is 318 g/mol. The van der Waals surface area contributed by atoms with Gasteiger partial charge < -0.3 is 4.90 Å². The molecule has 0 spiro atoms. The van der Waals surface area contributed by atoms with Gasteiger partial charge in [0.15, 0.2) is 0 Å². The van der Waals surface area contributed by atoms with Gasteiger partial charge in [0.2, 0.25) is 5.91 Å². The summed E-state index contributed by atoms with van der Waals surface area (Å²) in [5.41, 5.74) is 0.991. The third-order valence-corrected chi connectivity index (χ3v) is 5.15. The summed E-state index contributed by atoms with van der Waals surface area (Å²) in [6, 6.07) is 16.3. The smallest absolute Gasteiger partial charge is 0.235 e. The van der Waals surface area contributed by atoms with Crippen LogP contribution in [0.5, 0.6) is 0 Å². The van der Waals surface area contributed by atoms with Gasteiger partial charge in [0.25, 0.3) is 0 Å². The van der Waals surface area contributed by atoms with E-state index in [-0.39, 0.29) is 17.7 Å². The molecule has 22 heavy (non-hydrogen) atoms. The van der Waals surface area contributed by atoms with Crippen molar-refractivity contribution in [3.63, 3.8) is 0 Å². The number of hydrogen-bond donors (Lipinski definition) is 0. The highest BCUT2D eigenvalue weighted by atomic mass is 35.5. The third kappa shape index (κ3) is 4.18. The van der Waals surface area contributed by atoms with Crippen molar-refractivity contribution in [2.45, 2.75) is 17.9 Å². The van der Waals surface area contributed by atoms with Crippen molar-refractivity contribution in [2.24, 2.45) is 0 Å². The van der Waals surface area contributed by atoms with Gasteiger partial charge in [0.05, 0.1) is 16.8 Å². The van der Waals surface area contributed by atoms with Crippen molar-refractivity contribution in [1.29, 1.82) is 0 Å². The van der Waals surface area contributed by atoms with Crippen LogP contribution in [0.3, 0.4) is 0 Å². The Labute approximate surface area is 138 Å². The van der Waals surface area contributed by atoms with E-state index in [1.807, 2.05) is 37.3 Å². The Hall–Kier alpha value is -1.65. The van der Waals surface area contributed by atoms with Crippen molar-refractivity contribution in [1.82, 2.24) is 4.90 Å². The van der Waals surface area contributed by atoms with Crippen LogP contribution in [0.2, 0.25) is 5.02 Å². The minimum atomic E-state index is -1.32. The Bertz CT molecular complexity index is 658. The van der Waals surface area contributed by atoms with E-state index in [1.54, 1.807) is 36.2 Å². The molecule has 0 radical (unpaired) electrons. The van der Waals surface area contributed by atoms with Crippen LogP contribution in [0.1, 0.15) is 18.5 Å². The van der Waals surface area contributed by atoms with Crippen molar-refractivity contribution in [3.8, 4) is 0 Å². The highest BCUT2D eigenvalue weighted by Gasteiger charge is 2.19. The summed E-state index contributed by atoms with van der Waals surface area (Å²) in [6.07, 6.45) is 0. The molecule has 0 aliphatic rings. The van der Waals surface area contributed by atoms with Crippen LogP contribution in [0.25, 0.3) is 0 Å². The predicted molar refractivity (Wildman–Crippen MR) is 90.4 cm³/mol. The van der Waals surface area contributed by atoms with Gasteiger partial charge in [0, 0.05) is 17.0 Å². The standard InChI is InChI=1S/C17H18ClNO2S/c1-13(14-8-10-15(18)11-9-14)19(2)17(20)12-22(21)16-6-4-3-5-7-16/h3-11,13H,12H2,1-2H3/t13-,22-/m0/s1. The molecule has 0 N–H and O–H groups in total. The number of rotatable bonds is 5. The molecule has 0 aliphatic carbocycles. The van der Waals surface area contributed by atoms with E-state index >= 15 is 0 Å². The van der Waals surface area contributed by atoms with Gasteiger partial charge in [-0.15, -0.1) is 0 Å². The molecular formula is C17H18ClNO2S. The average molecular weight is 336 g/mol. The van der Waals surface area contributed by atoms with Crippen LogP contribution >= 0.6 is 11.6 Å². The Kier molecular flexibility index (Phi) is 5.75. The first-order valence-corrected chi connectivity index (χ1v) is 8.63. The van der Waals surface area contributed by atoms with E-state index in [2.05, 4.69) is 0 Å². The Morgan fingerprint density at radius 3 is 2.32 bits per heavy atom. The molecule has 2 atom stereocenters. The summed E-state index contributed by atoms with van der Waals surface area (Å²) in [7, 11) is 0.403. The van der Waals surface area contributed by atoms with E-state index in [9.17, 15) is 9.00 Å². The fourth-order valence-corrected chi connectivity index (χ4v) is 3.23. The molecule has 1 amide bonds. The second-order valence-corrected chi connectivity index (χ2v) is 6.92. The molecule has 2 rings (SSSR count). The molecule has 0 saturated heterocycles. The molecule has 2 aromatic rings. The van der Waals surface area contributed by atoms with Crippen LogP contribution in [-0.2, 0) is 15.6 Å². The van der Waals surface area contributed by atoms with Crippen LogP contribution in [0.4, 0.5) is 0 Å². The van der Waals surface area contributed by atoms with Gasteiger partial charge in [-0.25, -0.2) is 0 Å². The lowest BCUT2D eigenvalue weighted by Gasteiger charge is -2.25. The molecule has 0 unspecified atom stereocenters. The van der Waals surface area contributed by atoms with Crippen molar-refractivity contribution >= 4 is 28.3 Å². The molecule has 0 heterocycles. The van der Waals surface area contributed by atoms with Crippen molar-refractivity contribution in [2.75, 3.05) is 12.8 Å². The predicted octanol–water partition coefficient (Wildman–Crippen LogP) is 3.67. The zero-order valence-electron chi connectivity index (χ0n) is 12.5. The molecule has 0 bridgehead atoms. The van der Waals surface area contributed by atoms with E-state index in [0.29, 0.717) is 9.92 Å². The van der Waals surface area contributed by atoms with Gasteiger partial charge in [-0.2, -0.15) is 0 Å². The number of carbonyl (C=O) groups excluding carboxylic acids is 1. The zero-order valence-corrected chi connectivity index (χ0v) is 14.1. The quantitative estimate of drug-likeness (QED) is 0.836. The maximum Gasteiger partial charge on any atom is 0.235 e. The third-order valence-electron chi connectivity index (χ3n) is 3.59. The van der Waals surface area contributed by atoms with Gasteiger partial charge in [-0.05, 0) is 36.8 Å². The van der Waals surface area contributed by atoms with Crippen molar-refractivity contribution < 1.29 is 9.00 Å². The Balaban J connectivity index is 2.02. The summed E-state index contributed by atoms with van der Waals surface area (Å²) >= 11 is 5.87. The normalized spacial score (nSPS) is 13.4. The van der Waals surface area contributed by atoms with E-state index in [4.69, 9.17) is 11.6 Å². The lowest BCUT2D eigenvalue weighted by Crippen LogP contribution is -2.33. The maximum atomic E-state index is 12.3. The monoisotopic (exact) mass is 335 g/mol. The van der Waals surface area contributed by atoms with E-state index in [0.717, 1.165) is 5.56 Å². The minimum absolute atomic E-state index is 0.0154. The Morgan fingerprint density at radius 2 is 1.73 bits per heavy atom. The molecule has 0 saturated carbocycles. The van der Waals surface area contributed by atoms with Gasteiger partial charge >= 0.3 is 0 Å². The summed E-state index contributed by atoms with van der Waals surface area (Å²) < 4.78 is 12.2. The SMILES string of the molecule is C[C@@H](c1ccc(Cl)cc1)N(C)C(=O)C[S@](=O)c1ccccc1. The topological polar surface area (TPSA) is 37.4 Å². The minimum Gasteiger partial charge on any atom is -0.338 e. The Morgan fingerprint density at radius 1 is 1.14 bits per heavy atom. The summed E-state index contributed by atoms with van der Waals surface area (Å²) in [5, 5.41) is 0.662. The van der Waals surface area contributed by atoms with Crippen LogP contribution in [0.15, 0.2) is 59.5 Å². The zero-order chi connectivity index (χ0) is 16.1. The van der Waals surface area contributed by atoms with Gasteiger partial charge in [-0.3, -0.25) is 9.00 Å². The number of benzene rings is 2. The first-order chi connectivity index (χ1) is 10.5. The molecule has 3 nitrogen and oxygen atoms in total. The lowest BCUT2D eigenvalue weighted by molar-refractivity contribution is -0.129. The van der Waals surface area contributed by atoms with Crippen LogP contribution in [-0.4, -0.2) is 27.8 Å². The first kappa shape index (κ1) is 16.7. The lowest BCUT2D eigenvalue weighted by atomic mass is 10.1. The number of carbonyl (C=O) groups is 1. The summed E-state index contributed by atoms with van der Waals surface area (Å²) in [4.78, 5) is 14.6. The number of halogens is 1.